The van der Waals surface area contributed by atoms with Crippen LogP contribution >= 0.6 is 43.2 Å². The summed E-state index contributed by atoms with van der Waals surface area (Å²) >= 11 is 8.58. The Labute approximate surface area is 129 Å². The Morgan fingerprint density at radius 3 is 2.44 bits per heavy atom. The lowest BCUT2D eigenvalue weighted by atomic mass is 10.2. The van der Waals surface area contributed by atoms with Crippen LogP contribution in [0.5, 0.6) is 0 Å². The third-order valence-corrected chi connectivity index (χ3v) is 5.76. The Kier molecular flexibility index (Phi) is 5.82. The van der Waals surface area contributed by atoms with Crippen molar-refractivity contribution in [1.29, 1.82) is 0 Å². The number of rotatable bonds is 6. The Hall–Kier alpha value is 0.530. The summed E-state index contributed by atoms with van der Waals surface area (Å²) in [4.78, 5) is 0. The second-order valence-electron chi connectivity index (χ2n) is 4.81. The van der Waals surface area contributed by atoms with Crippen molar-refractivity contribution in [3.8, 4) is 0 Å². The SMILES string of the molecule is C[N+](C)(CCCS(=O)(=O)O)Cc1cc(Br)sc1Br. The normalized spacial score (nSPS) is 12.9. The molecule has 1 N–H and O–H groups in total. The van der Waals surface area contributed by atoms with Crippen LogP contribution in [0, 0.1) is 0 Å². The molecule has 104 valence electrons. The summed E-state index contributed by atoms with van der Waals surface area (Å²) in [6.07, 6.45) is 0.453. The Bertz CT molecular complexity index is 511. The van der Waals surface area contributed by atoms with E-state index in [2.05, 4.69) is 37.9 Å². The molecule has 0 saturated carbocycles. The Morgan fingerprint density at radius 2 is 2.00 bits per heavy atom. The third-order valence-electron chi connectivity index (χ3n) is 2.49. The molecule has 1 heterocycles. The summed E-state index contributed by atoms with van der Waals surface area (Å²) in [5.41, 5.74) is 1.20. The van der Waals surface area contributed by atoms with Gasteiger partial charge in [0, 0.05) is 12.0 Å². The fourth-order valence-corrected chi connectivity index (χ4v) is 4.99. The lowest BCUT2D eigenvalue weighted by Crippen LogP contribution is -2.40. The lowest BCUT2D eigenvalue weighted by Gasteiger charge is -2.29. The smallest absolute Gasteiger partial charge is 0.265 e. The number of hydrogen-bond donors (Lipinski definition) is 1. The highest BCUT2D eigenvalue weighted by atomic mass is 79.9. The van der Waals surface area contributed by atoms with Crippen LogP contribution in [0.2, 0.25) is 0 Å². The van der Waals surface area contributed by atoms with Gasteiger partial charge in [-0.1, -0.05) is 0 Å². The van der Waals surface area contributed by atoms with E-state index in [9.17, 15) is 8.42 Å². The van der Waals surface area contributed by atoms with Gasteiger partial charge in [0.1, 0.15) is 6.54 Å². The second kappa shape index (κ2) is 6.32. The van der Waals surface area contributed by atoms with Crippen molar-refractivity contribution in [3.05, 3.63) is 19.2 Å². The summed E-state index contributed by atoms with van der Waals surface area (Å²) in [5, 5.41) is 0. The Morgan fingerprint density at radius 1 is 1.39 bits per heavy atom. The van der Waals surface area contributed by atoms with E-state index in [0.717, 1.165) is 14.1 Å². The van der Waals surface area contributed by atoms with Crippen LogP contribution in [0.25, 0.3) is 0 Å². The summed E-state index contributed by atoms with van der Waals surface area (Å²) < 4.78 is 32.9. The quantitative estimate of drug-likeness (QED) is 0.567. The standard InChI is InChI=1S/C10H15Br2NO3S2/c1-13(2,4-3-5-18(14,15)16)7-8-6-9(11)17-10(8)12/h6H,3-5,7H2,1-2H3/p+1. The molecule has 0 spiro atoms. The predicted octanol–water partition coefficient (Wildman–Crippen LogP) is 3.13. The van der Waals surface area contributed by atoms with E-state index in [-0.39, 0.29) is 5.75 Å². The topological polar surface area (TPSA) is 54.4 Å². The van der Waals surface area contributed by atoms with Crippen molar-refractivity contribution in [2.75, 3.05) is 26.4 Å². The zero-order valence-corrected chi connectivity index (χ0v) is 15.0. The molecule has 0 saturated heterocycles. The molecule has 0 aliphatic carbocycles. The van der Waals surface area contributed by atoms with Crippen LogP contribution in [0.1, 0.15) is 12.0 Å². The number of hydrogen-bond acceptors (Lipinski definition) is 3. The van der Waals surface area contributed by atoms with E-state index >= 15 is 0 Å². The summed E-state index contributed by atoms with van der Waals surface area (Å²) in [5.74, 6) is -0.177. The van der Waals surface area contributed by atoms with Crippen LogP contribution in [0.3, 0.4) is 0 Å². The number of thiophene rings is 1. The van der Waals surface area contributed by atoms with Crippen molar-refractivity contribution < 1.29 is 17.5 Å². The van der Waals surface area contributed by atoms with Crippen molar-refractivity contribution in [2.45, 2.75) is 13.0 Å². The monoisotopic (exact) mass is 420 g/mol. The molecule has 1 aromatic heterocycles. The highest BCUT2D eigenvalue weighted by Crippen LogP contribution is 2.33. The molecule has 18 heavy (non-hydrogen) atoms. The predicted molar refractivity (Wildman–Crippen MR) is 81.4 cm³/mol. The minimum atomic E-state index is -3.85. The molecule has 0 fully saturated rings. The minimum absolute atomic E-state index is 0.177. The van der Waals surface area contributed by atoms with E-state index < -0.39 is 10.1 Å². The largest absolute Gasteiger partial charge is 0.325 e. The first-order valence-corrected chi connectivity index (χ1v) is 9.31. The van der Waals surface area contributed by atoms with Crippen LogP contribution in [0.4, 0.5) is 0 Å². The van der Waals surface area contributed by atoms with Gasteiger partial charge in [0.2, 0.25) is 0 Å². The molecule has 4 nitrogen and oxygen atoms in total. The maximum atomic E-state index is 10.7. The summed E-state index contributed by atoms with van der Waals surface area (Å²) in [6.45, 7) is 1.51. The molecule has 0 amide bonds. The average molecular weight is 422 g/mol. The molecule has 0 bridgehead atoms. The highest BCUT2D eigenvalue weighted by molar-refractivity contribution is 9.12. The minimum Gasteiger partial charge on any atom is -0.325 e. The first kappa shape index (κ1) is 16.6. The summed E-state index contributed by atoms with van der Waals surface area (Å²) in [6, 6.07) is 2.07. The maximum Gasteiger partial charge on any atom is 0.265 e. The second-order valence-corrected chi connectivity index (χ2v) is 10.1. The third kappa shape index (κ3) is 6.12. The van der Waals surface area contributed by atoms with Crippen molar-refractivity contribution in [2.24, 2.45) is 0 Å². The fourth-order valence-electron chi connectivity index (χ4n) is 1.70. The number of halogens is 2. The molecule has 0 aromatic carbocycles. The highest BCUT2D eigenvalue weighted by Gasteiger charge is 2.20. The molecule has 0 radical (unpaired) electrons. The molecule has 1 rings (SSSR count). The van der Waals surface area contributed by atoms with E-state index in [4.69, 9.17) is 4.55 Å². The number of nitrogens with zero attached hydrogens (tertiary/aromatic N) is 1. The first-order chi connectivity index (χ1) is 8.09. The van der Waals surface area contributed by atoms with E-state index in [1.807, 2.05) is 14.1 Å². The van der Waals surface area contributed by atoms with E-state index in [1.165, 1.54) is 5.56 Å². The van der Waals surface area contributed by atoms with Gasteiger partial charge in [0.25, 0.3) is 10.1 Å². The van der Waals surface area contributed by atoms with Gasteiger partial charge in [-0.2, -0.15) is 8.42 Å². The molecule has 0 aliphatic rings. The summed E-state index contributed by atoms with van der Waals surface area (Å²) in [7, 11) is 0.239. The van der Waals surface area contributed by atoms with Gasteiger partial charge in [-0.3, -0.25) is 4.55 Å². The zero-order valence-electron chi connectivity index (χ0n) is 10.2. The lowest BCUT2D eigenvalue weighted by molar-refractivity contribution is -0.903. The average Bonchev–Trinajstić information content (AvgIpc) is 2.41. The van der Waals surface area contributed by atoms with Gasteiger partial charge < -0.3 is 4.48 Å². The van der Waals surface area contributed by atoms with Gasteiger partial charge >= 0.3 is 0 Å². The van der Waals surface area contributed by atoms with E-state index in [1.54, 1.807) is 11.3 Å². The van der Waals surface area contributed by atoms with Crippen LogP contribution < -0.4 is 0 Å². The van der Waals surface area contributed by atoms with Gasteiger partial charge in [-0.25, -0.2) is 0 Å². The fraction of sp³-hybridized carbons (Fsp3) is 0.600. The molecule has 0 aliphatic heterocycles. The van der Waals surface area contributed by atoms with Gasteiger partial charge in [-0.15, -0.1) is 11.3 Å². The van der Waals surface area contributed by atoms with Gasteiger partial charge in [0.05, 0.1) is 34.0 Å². The van der Waals surface area contributed by atoms with Crippen molar-refractivity contribution >= 4 is 53.3 Å². The first-order valence-electron chi connectivity index (χ1n) is 5.30. The molecule has 1 aromatic rings. The van der Waals surface area contributed by atoms with Gasteiger partial charge in [-0.05, 0) is 37.9 Å². The number of quaternary nitrogens is 1. The van der Waals surface area contributed by atoms with Crippen LogP contribution in [-0.2, 0) is 16.7 Å². The van der Waals surface area contributed by atoms with Crippen LogP contribution in [-0.4, -0.2) is 43.8 Å². The van der Waals surface area contributed by atoms with E-state index in [0.29, 0.717) is 17.4 Å². The van der Waals surface area contributed by atoms with Gasteiger partial charge in [0.15, 0.2) is 0 Å². The maximum absolute atomic E-state index is 10.7. The molecular weight excluding hydrogens is 406 g/mol. The zero-order chi connectivity index (χ0) is 14.0. The Balaban J connectivity index is 2.57. The van der Waals surface area contributed by atoms with Crippen molar-refractivity contribution in [1.82, 2.24) is 0 Å². The molecule has 0 unspecified atom stereocenters. The molecular formula is C10H16Br2NO3S2+. The van der Waals surface area contributed by atoms with Crippen molar-refractivity contribution in [3.63, 3.8) is 0 Å². The van der Waals surface area contributed by atoms with Crippen LogP contribution in [0.15, 0.2) is 13.6 Å². The molecule has 0 atom stereocenters. The molecule has 8 heteroatoms.